The van der Waals surface area contributed by atoms with E-state index in [9.17, 15) is 9.00 Å². The Kier molecular flexibility index (Phi) is 3.18. The lowest BCUT2D eigenvalue weighted by molar-refractivity contribution is -0.132. The maximum atomic E-state index is 11.9. The summed E-state index contributed by atoms with van der Waals surface area (Å²) >= 11 is 0. The Morgan fingerprint density at radius 2 is 2.07 bits per heavy atom. The number of carbonyl (C=O) groups is 1. The van der Waals surface area contributed by atoms with Crippen LogP contribution in [0.1, 0.15) is 12.8 Å². The van der Waals surface area contributed by atoms with Gasteiger partial charge in [0, 0.05) is 35.4 Å². The fraction of sp³-hybridized carbons (Fsp3) is 0.889. The van der Waals surface area contributed by atoms with Gasteiger partial charge in [-0.1, -0.05) is 0 Å². The number of hydrogen-bond acceptors (Lipinski definition) is 3. The van der Waals surface area contributed by atoms with Crippen LogP contribution in [0.3, 0.4) is 0 Å². The topological polar surface area (TPSA) is 49.4 Å². The van der Waals surface area contributed by atoms with E-state index in [0.29, 0.717) is 24.6 Å². The Morgan fingerprint density at radius 1 is 1.36 bits per heavy atom. The minimum atomic E-state index is -0.693. The van der Waals surface area contributed by atoms with Crippen molar-refractivity contribution in [3.8, 4) is 0 Å². The molecule has 1 amide bonds. The van der Waals surface area contributed by atoms with Gasteiger partial charge in [0.05, 0.1) is 6.04 Å². The molecule has 0 aromatic rings. The highest BCUT2D eigenvalue weighted by molar-refractivity contribution is 7.85. The third-order valence-corrected chi connectivity index (χ3v) is 4.12. The summed E-state index contributed by atoms with van der Waals surface area (Å²) in [6.45, 7) is 2.30. The average molecular weight is 216 g/mol. The Hall–Kier alpha value is -0.420. The van der Waals surface area contributed by atoms with Crippen LogP contribution in [0.5, 0.6) is 0 Å². The number of carbonyl (C=O) groups excluding carboxylic acids is 1. The van der Waals surface area contributed by atoms with Crippen molar-refractivity contribution in [3.63, 3.8) is 0 Å². The molecular weight excluding hydrogens is 200 g/mol. The molecule has 5 heteroatoms. The fourth-order valence-electron chi connectivity index (χ4n) is 1.97. The summed E-state index contributed by atoms with van der Waals surface area (Å²) in [5, 5.41) is 3.20. The quantitative estimate of drug-likeness (QED) is 0.632. The highest BCUT2D eigenvalue weighted by Gasteiger charge is 2.28. The molecule has 2 fully saturated rings. The molecule has 0 radical (unpaired) electrons. The smallest absolute Gasteiger partial charge is 0.239 e. The van der Waals surface area contributed by atoms with E-state index >= 15 is 0 Å². The van der Waals surface area contributed by atoms with Crippen LogP contribution >= 0.6 is 0 Å². The van der Waals surface area contributed by atoms with Crippen molar-refractivity contribution in [2.75, 3.05) is 31.1 Å². The summed E-state index contributed by atoms with van der Waals surface area (Å²) in [7, 11) is -0.693. The van der Waals surface area contributed by atoms with Crippen LogP contribution < -0.4 is 5.32 Å². The molecule has 0 spiro atoms. The van der Waals surface area contributed by atoms with Crippen molar-refractivity contribution < 1.29 is 9.00 Å². The largest absolute Gasteiger partial charge is 0.340 e. The monoisotopic (exact) mass is 216 g/mol. The van der Waals surface area contributed by atoms with Gasteiger partial charge >= 0.3 is 0 Å². The molecule has 2 aliphatic heterocycles. The molecule has 14 heavy (non-hydrogen) atoms. The van der Waals surface area contributed by atoms with E-state index in [1.54, 1.807) is 0 Å². The Morgan fingerprint density at radius 3 is 2.64 bits per heavy atom. The molecule has 2 saturated heterocycles. The van der Waals surface area contributed by atoms with E-state index < -0.39 is 10.8 Å². The maximum Gasteiger partial charge on any atom is 0.239 e. The van der Waals surface area contributed by atoms with Gasteiger partial charge in [-0.05, 0) is 19.4 Å². The van der Waals surface area contributed by atoms with Crippen molar-refractivity contribution in [2.24, 2.45) is 0 Å². The standard InChI is InChI=1S/C9H16N2O2S/c12-9(8-2-1-3-10-8)11-4-6-14(13)7-5-11/h8,10H,1-7H2. The number of amides is 1. The minimum Gasteiger partial charge on any atom is -0.340 e. The summed E-state index contributed by atoms with van der Waals surface area (Å²) < 4.78 is 11.1. The van der Waals surface area contributed by atoms with Gasteiger partial charge in [-0.15, -0.1) is 0 Å². The second-order valence-electron chi connectivity index (χ2n) is 3.82. The van der Waals surface area contributed by atoms with E-state index in [2.05, 4.69) is 5.32 Å². The van der Waals surface area contributed by atoms with E-state index in [4.69, 9.17) is 0 Å². The molecule has 2 rings (SSSR count). The van der Waals surface area contributed by atoms with Crippen molar-refractivity contribution in [2.45, 2.75) is 18.9 Å². The molecule has 0 saturated carbocycles. The van der Waals surface area contributed by atoms with E-state index in [0.717, 1.165) is 19.4 Å². The van der Waals surface area contributed by atoms with Crippen molar-refractivity contribution in [1.82, 2.24) is 10.2 Å². The molecule has 0 aromatic carbocycles. The second-order valence-corrected chi connectivity index (χ2v) is 5.52. The molecule has 4 nitrogen and oxygen atoms in total. The van der Waals surface area contributed by atoms with Gasteiger partial charge in [-0.25, -0.2) is 0 Å². The number of hydrogen-bond donors (Lipinski definition) is 1. The Labute approximate surface area is 86.5 Å². The Bertz CT molecular complexity index is 241. The van der Waals surface area contributed by atoms with Gasteiger partial charge in [-0.3, -0.25) is 9.00 Å². The molecule has 2 heterocycles. The number of rotatable bonds is 1. The van der Waals surface area contributed by atoms with Crippen molar-refractivity contribution in [1.29, 1.82) is 0 Å². The third kappa shape index (κ3) is 2.15. The summed E-state index contributed by atoms with van der Waals surface area (Å²) in [5.74, 6) is 1.51. The average Bonchev–Trinajstić information content (AvgIpc) is 2.71. The first-order valence-corrected chi connectivity index (χ1v) is 6.63. The van der Waals surface area contributed by atoms with Gasteiger partial charge in [0.2, 0.25) is 5.91 Å². The van der Waals surface area contributed by atoms with E-state index in [1.807, 2.05) is 4.90 Å². The molecule has 1 N–H and O–H groups in total. The minimum absolute atomic E-state index is 0.0292. The van der Waals surface area contributed by atoms with Crippen LogP contribution in [0.25, 0.3) is 0 Å². The van der Waals surface area contributed by atoms with Gasteiger partial charge < -0.3 is 10.2 Å². The molecule has 0 aliphatic carbocycles. The summed E-state index contributed by atoms with van der Waals surface area (Å²) in [4.78, 5) is 13.7. The van der Waals surface area contributed by atoms with Gasteiger partial charge in [0.25, 0.3) is 0 Å². The predicted octanol–water partition coefficient (Wildman–Crippen LogP) is -0.671. The fourth-order valence-corrected chi connectivity index (χ4v) is 3.03. The molecule has 0 bridgehead atoms. The molecular formula is C9H16N2O2S. The van der Waals surface area contributed by atoms with Crippen LogP contribution in [0.4, 0.5) is 0 Å². The van der Waals surface area contributed by atoms with Gasteiger partial charge in [0.15, 0.2) is 0 Å². The van der Waals surface area contributed by atoms with E-state index in [-0.39, 0.29) is 11.9 Å². The third-order valence-electron chi connectivity index (χ3n) is 2.85. The van der Waals surface area contributed by atoms with Crippen LogP contribution in [0, 0.1) is 0 Å². The van der Waals surface area contributed by atoms with E-state index in [1.165, 1.54) is 0 Å². The van der Waals surface area contributed by atoms with Crippen LogP contribution in [-0.2, 0) is 15.6 Å². The SMILES string of the molecule is O=C(C1CCCN1)N1CCS(=O)CC1. The first-order chi connectivity index (χ1) is 6.77. The van der Waals surface area contributed by atoms with Crippen LogP contribution in [0.15, 0.2) is 0 Å². The summed E-state index contributed by atoms with van der Waals surface area (Å²) in [6.07, 6.45) is 2.05. The molecule has 1 atom stereocenters. The lowest BCUT2D eigenvalue weighted by atomic mass is 10.2. The first-order valence-electron chi connectivity index (χ1n) is 5.14. The normalized spacial score (nSPS) is 29.4. The summed E-state index contributed by atoms with van der Waals surface area (Å²) in [6, 6.07) is 0.0292. The number of nitrogens with zero attached hydrogens (tertiary/aromatic N) is 1. The highest BCUT2D eigenvalue weighted by atomic mass is 32.2. The first kappa shape index (κ1) is 10.1. The van der Waals surface area contributed by atoms with Crippen molar-refractivity contribution in [3.05, 3.63) is 0 Å². The van der Waals surface area contributed by atoms with Gasteiger partial charge in [-0.2, -0.15) is 0 Å². The maximum absolute atomic E-state index is 11.9. The molecule has 0 aromatic heterocycles. The lowest BCUT2D eigenvalue weighted by Crippen LogP contribution is -2.48. The van der Waals surface area contributed by atoms with Crippen molar-refractivity contribution >= 4 is 16.7 Å². The zero-order chi connectivity index (χ0) is 9.97. The predicted molar refractivity (Wildman–Crippen MR) is 55.5 cm³/mol. The van der Waals surface area contributed by atoms with Gasteiger partial charge in [0.1, 0.15) is 0 Å². The van der Waals surface area contributed by atoms with Crippen LogP contribution in [-0.4, -0.2) is 52.2 Å². The zero-order valence-electron chi connectivity index (χ0n) is 8.20. The number of nitrogens with one attached hydrogen (secondary N) is 1. The summed E-state index contributed by atoms with van der Waals surface area (Å²) in [5.41, 5.74) is 0. The van der Waals surface area contributed by atoms with Crippen LogP contribution in [0.2, 0.25) is 0 Å². The Balaban J connectivity index is 1.88. The highest BCUT2D eigenvalue weighted by Crippen LogP contribution is 2.10. The second kappa shape index (κ2) is 4.40. The molecule has 2 aliphatic rings. The zero-order valence-corrected chi connectivity index (χ0v) is 9.02. The lowest BCUT2D eigenvalue weighted by Gasteiger charge is -2.28. The molecule has 1 unspecified atom stereocenters. The molecule has 80 valence electrons.